The van der Waals surface area contributed by atoms with Crippen molar-refractivity contribution in [1.82, 2.24) is 25.2 Å². The van der Waals surface area contributed by atoms with Crippen LogP contribution in [-0.2, 0) is 29.2 Å². The van der Waals surface area contributed by atoms with E-state index < -0.39 is 0 Å². The molecule has 1 fully saturated rings. The van der Waals surface area contributed by atoms with E-state index in [1.165, 1.54) is 5.56 Å². The van der Waals surface area contributed by atoms with Crippen LogP contribution in [0.15, 0.2) is 41.8 Å². The number of amides is 2. The smallest absolute Gasteiger partial charge is 0.276 e. The predicted molar refractivity (Wildman–Crippen MR) is 124 cm³/mol. The maximum Gasteiger partial charge on any atom is 0.276 e. The number of nitrogens with one attached hydrogen (secondary N) is 1. The molecule has 5 rings (SSSR count). The summed E-state index contributed by atoms with van der Waals surface area (Å²) in [6.07, 6.45) is 1.20. The van der Waals surface area contributed by atoms with Gasteiger partial charge in [0.25, 0.3) is 5.91 Å². The summed E-state index contributed by atoms with van der Waals surface area (Å²) in [6, 6.07) is 12.3. The van der Waals surface area contributed by atoms with Crippen LogP contribution < -0.4 is 5.32 Å². The summed E-state index contributed by atoms with van der Waals surface area (Å²) in [7, 11) is 0. The number of carbonyl (C=O) groups is 2. The van der Waals surface area contributed by atoms with Crippen LogP contribution in [0, 0.1) is 12.8 Å². The van der Waals surface area contributed by atoms with Gasteiger partial charge in [-0.25, -0.2) is 4.68 Å². The highest BCUT2D eigenvalue weighted by molar-refractivity contribution is 7.09. The lowest BCUT2D eigenvalue weighted by Crippen LogP contribution is -2.43. The number of aryl methyl sites for hydroxylation is 1. The van der Waals surface area contributed by atoms with Gasteiger partial charge < -0.3 is 15.0 Å². The van der Waals surface area contributed by atoms with Gasteiger partial charge in [-0.2, -0.15) is 0 Å². The van der Waals surface area contributed by atoms with Gasteiger partial charge in [-0.1, -0.05) is 41.1 Å². The van der Waals surface area contributed by atoms with E-state index in [4.69, 9.17) is 4.74 Å². The minimum Gasteiger partial charge on any atom is -0.365 e. The third kappa shape index (κ3) is 4.69. The van der Waals surface area contributed by atoms with E-state index >= 15 is 0 Å². The van der Waals surface area contributed by atoms with Gasteiger partial charge >= 0.3 is 0 Å². The summed E-state index contributed by atoms with van der Waals surface area (Å²) in [6.45, 7) is 4.52. The van der Waals surface area contributed by atoms with Crippen LogP contribution in [0.25, 0.3) is 0 Å². The van der Waals surface area contributed by atoms with E-state index in [1.54, 1.807) is 20.9 Å². The molecule has 2 aliphatic heterocycles. The highest BCUT2D eigenvalue weighted by Crippen LogP contribution is 2.28. The first kappa shape index (κ1) is 21.8. The monoisotopic (exact) mass is 465 g/mol. The zero-order chi connectivity index (χ0) is 22.8. The van der Waals surface area contributed by atoms with Crippen molar-refractivity contribution in [2.24, 2.45) is 5.92 Å². The zero-order valence-electron chi connectivity index (χ0n) is 18.6. The summed E-state index contributed by atoms with van der Waals surface area (Å²) >= 11 is 1.63. The summed E-state index contributed by atoms with van der Waals surface area (Å²) < 4.78 is 7.83. The first-order valence-electron chi connectivity index (χ1n) is 11.3. The van der Waals surface area contributed by atoms with E-state index in [1.807, 2.05) is 17.5 Å². The number of likely N-dealkylation sites (tertiary alicyclic amines) is 1. The zero-order valence-corrected chi connectivity index (χ0v) is 19.4. The van der Waals surface area contributed by atoms with Crippen molar-refractivity contribution in [3.05, 3.63) is 69.2 Å². The number of hydrogen-bond donors (Lipinski definition) is 1. The highest BCUT2D eigenvalue weighted by Gasteiger charge is 2.33. The molecule has 0 spiro atoms. The number of thiophene rings is 1. The number of piperidine rings is 1. The summed E-state index contributed by atoms with van der Waals surface area (Å²) in [5, 5.41) is 13.4. The number of carbonyl (C=O) groups excluding carboxylic acids is 2. The molecule has 8 nitrogen and oxygen atoms in total. The molecular weight excluding hydrogens is 438 g/mol. The second-order valence-electron chi connectivity index (χ2n) is 8.64. The molecule has 33 heavy (non-hydrogen) atoms. The van der Waals surface area contributed by atoms with Crippen molar-refractivity contribution in [2.45, 2.75) is 45.6 Å². The molecule has 1 N–H and O–H groups in total. The Bertz CT molecular complexity index is 1120. The Morgan fingerprint density at radius 1 is 1.18 bits per heavy atom. The van der Waals surface area contributed by atoms with Crippen molar-refractivity contribution in [1.29, 1.82) is 0 Å². The number of hydrogen-bond acceptors (Lipinski definition) is 6. The van der Waals surface area contributed by atoms with Crippen LogP contribution in [0.3, 0.4) is 0 Å². The summed E-state index contributed by atoms with van der Waals surface area (Å²) in [4.78, 5) is 28.6. The highest BCUT2D eigenvalue weighted by atomic mass is 32.1. The van der Waals surface area contributed by atoms with E-state index in [-0.39, 0.29) is 23.8 Å². The van der Waals surface area contributed by atoms with Crippen LogP contribution in [0.5, 0.6) is 0 Å². The third-order valence-electron chi connectivity index (χ3n) is 6.42. The molecule has 2 aliphatic rings. The van der Waals surface area contributed by atoms with Gasteiger partial charge in [-0.05, 0) is 36.8 Å². The van der Waals surface area contributed by atoms with E-state index in [9.17, 15) is 9.59 Å². The molecule has 0 saturated carbocycles. The van der Waals surface area contributed by atoms with Crippen LogP contribution >= 0.6 is 11.3 Å². The van der Waals surface area contributed by atoms with Crippen molar-refractivity contribution in [3.8, 4) is 0 Å². The predicted octanol–water partition coefficient (Wildman–Crippen LogP) is 3.09. The molecule has 0 bridgehead atoms. The Kier molecular flexibility index (Phi) is 6.24. The van der Waals surface area contributed by atoms with Gasteiger partial charge in [0.2, 0.25) is 5.91 Å². The second-order valence-corrected chi connectivity index (χ2v) is 9.67. The normalized spacial score (nSPS) is 18.7. The fourth-order valence-corrected chi connectivity index (χ4v) is 5.03. The lowest BCUT2D eigenvalue weighted by molar-refractivity contribution is -0.126. The first-order chi connectivity index (χ1) is 16.1. The number of aromatic nitrogens is 3. The topological polar surface area (TPSA) is 89.4 Å². The average molecular weight is 466 g/mol. The van der Waals surface area contributed by atoms with Gasteiger partial charge in [-0.3, -0.25) is 9.59 Å². The van der Waals surface area contributed by atoms with E-state index in [0.29, 0.717) is 51.3 Å². The SMILES string of the molecule is Cc1ccc([C@@H]2Cn3nnc(C(=O)N4CCC(C(=O)NCc5cccs5)CC4)c3CO2)cc1. The fraction of sp³-hybridized carbons (Fsp3) is 0.417. The Hall–Kier alpha value is -3.04. The average Bonchev–Trinajstić information content (AvgIpc) is 3.52. The molecule has 2 aromatic heterocycles. The molecule has 0 unspecified atom stereocenters. The second kappa shape index (κ2) is 9.44. The molecule has 1 saturated heterocycles. The lowest BCUT2D eigenvalue weighted by Gasteiger charge is -2.31. The van der Waals surface area contributed by atoms with Crippen LogP contribution in [-0.4, -0.2) is 44.8 Å². The van der Waals surface area contributed by atoms with E-state index in [2.05, 4.69) is 46.8 Å². The minimum absolute atomic E-state index is 0.0621. The molecule has 2 amide bonds. The standard InChI is InChI=1S/C24H27N5O3S/c1-16-4-6-17(7-5-16)21-14-29-20(15-32-21)22(26-27-29)24(31)28-10-8-18(9-11-28)23(30)25-13-19-3-2-12-33-19/h2-7,12,18,21H,8-11,13-15H2,1H3,(H,25,30)/t21-/m0/s1. The number of benzene rings is 1. The Balaban J connectivity index is 1.17. The molecule has 1 aromatic carbocycles. The first-order valence-corrected chi connectivity index (χ1v) is 12.2. The Morgan fingerprint density at radius 3 is 2.70 bits per heavy atom. The van der Waals surface area contributed by atoms with Gasteiger partial charge in [-0.15, -0.1) is 16.4 Å². The van der Waals surface area contributed by atoms with Gasteiger partial charge in [0.15, 0.2) is 5.69 Å². The van der Waals surface area contributed by atoms with Crippen molar-refractivity contribution >= 4 is 23.2 Å². The number of nitrogens with zero attached hydrogens (tertiary/aromatic N) is 4. The molecule has 9 heteroatoms. The minimum atomic E-state index is -0.133. The van der Waals surface area contributed by atoms with Crippen LogP contribution in [0.4, 0.5) is 0 Å². The maximum absolute atomic E-state index is 13.1. The van der Waals surface area contributed by atoms with Crippen LogP contribution in [0.2, 0.25) is 0 Å². The van der Waals surface area contributed by atoms with Crippen LogP contribution in [0.1, 0.15) is 51.1 Å². The van der Waals surface area contributed by atoms with Crippen molar-refractivity contribution in [2.75, 3.05) is 13.1 Å². The number of ether oxygens (including phenoxy) is 1. The molecule has 4 heterocycles. The Morgan fingerprint density at radius 2 is 1.97 bits per heavy atom. The van der Waals surface area contributed by atoms with Crippen molar-refractivity contribution < 1.29 is 14.3 Å². The van der Waals surface area contributed by atoms with Crippen molar-refractivity contribution in [3.63, 3.8) is 0 Å². The molecule has 0 radical (unpaired) electrons. The largest absolute Gasteiger partial charge is 0.365 e. The molecule has 0 aliphatic carbocycles. The fourth-order valence-electron chi connectivity index (χ4n) is 4.39. The molecule has 1 atom stereocenters. The molecular formula is C24H27N5O3S. The van der Waals surface area contributed by atoms with E-state index in [0.717, 1.165) is 16.1 Å². The third-order valence-corrected chi connectivity index (χ3v) is 7.30. The Labute approximate surface area is 196 Å². The molecule has 172 valence electrons. The summed E-state index contributed by atoms with van der Waals surface area (Å²) in [5.74, 6) is -0.139. The quantitative estimate of drug-likeness (QED) is 0.626. The van der Waals surface area contributed by atoms with Gasteiger partial charge in [0, 0.05) is 23.9 Å². The van der Waals surface area contributed by atoms with Gasteiger partial charge in [0.1, 0.15) is 6.10 Å². The van der Waals surface area contributed by atoms with Gasteiger partial charge in [0.05, 0.1) is 25.4 Å². The summed E-state index contributed by atoms with van der Waals surface area (Å²) in [5.41, 5.74) is 3.37. The number of fused-ring (bicyclic) bond motifs is 1. The lowest BCUT2D eigenvalue weighted by atomic mass is 9.95. The number of rotatable bonds is 5. The molecule has 3 aromatic rings. The maximum atomic E-state index is 13.1.